The topological polar surface area (TPSA) is 67.4 Å². The smallest absolute Gasteiger partial charge is 0.239 e. The summed E-state index contributed by atoms with van der Waals surface area (Å²) in [5, 5.41) is 3.06. The zero-order chi connectivity index (χ0) is 15.9. The van der Waals surface area contributed by atoms with Crippen LogP contribution in [0.25, 0.3) is 0 Å². The van der Waals surface area contributed by atoms with Gasteiger partial charge >= 0.3 is 0 Å². The van der Waals surface area contributed by atoms with Crippen molar-refractivity contribution in [3.63, 3.8) is 0 Å². The van der Waals surface area contributed by atoms with Crippen molar-refractivity contribution in [1.82, 2.24) is 14.9 Å². The van der Waals surface area contributed by atoms with Gasteiger partial charge in [-0.25, -0.2) is 4.39 Å². The molecule has 2 rings (SSSR count). The fourth-order valence-corrected chi connectivity index (χ4v) is 1.61. The summed E-state index contributed by atoms with van der Waals surface area (Å²) in [5.74, 6) is 0.988. The molecule has 1 aromatic carbocycles. The monoisotopic (exact) mass is 304 g/mol. The Morgan fingerprint density at radius 2 is 2.05 bits per heavy atom. The number of carbonyl (C=O) groups is 1. The Labute approximate surface area is 128 Å². The first-order valence-corrected chi connectivity index (χ1v) is 6.75. The summed E-state index contributed by atoms with van der Waals surface area (Å²) in [6.07, 6.45) is 3.03. The Kier molecular flexibility index (Phi) is 5.24. The third-order valence-electron chi connectivity index (χ3n) is 2.94. The minimum Gasteiger partial charge on any atom is -0.437 e. The highest BCUT2D eigenvalue weighted by Gasteiger charge is 2.04. The van der Waals surface area contributed by atoms with Crippen LogP contribution in [-0.4, -0.2) is 40.9 Å². The highest BCUT2D eigenvalue weighted by atomic mass is 19.1. The molecule has 2 aromatic rings. The van der Waals surface area contributed by atoms with Crippen molar-refractivity contribution in [2.75, 3.05) is 25.5 Å². The van der Waals surface area contributed by atoms with Gasteiger partial charge in [0.2, 0.25) is 11.8 Å². The maximum absolute atomic E-state index is 12.8. The van der Waals surface area contributed by atoms with Gasteiger partial charge in [0.15, 0.2) is 0 Å². The van der Waals surface area contributed by atoms with Gasteiger partial charge in [-0.3, -0.25) is 9.78 Å². The fraction of sp³-hybridized carbons (Fsp3) is 0.267. The van der Waals surface area contributed by atoms with E-state index in [9.17, 15) is 9.18 Å². The molecule has 0 aliphatic heterocycles. The van der Waals surface area contributed by atoms with E-state index in [0.29, 0.717) is 30.5 Å². The summed E-state index contributed by atoms with van der Waals surface area (Å²) in [6.45, 7) is 2.61. The van der Waals surface area contributed by atoms with Gasteiger partial charge < -0.3 is 15.0 Å². The van der Waals surface area contributed by atoms with Crippen molar-refractivity contribution in [3.8, 4) is 11.6 Å². The first-order valence-electron chi connectivity index (χ1n) is 6.75. The van der Waals surface area contributed by atoms with Crippen LogP contribution in [0.2, 0.25) is 0 Å². The predicted octanol–water partition coefficient (Wildman–Crippen LogP) is 2.30. The van der Waals surface area contributed by atoms with E-state index in [1.165, 1.54) is 37.4 Å². The number of hydrogen-bond donors (Lipinski definition) is 1. The minimum atomic E-state index is -0.330. The standard InChI is InChI=1S/C15H17FN4O2/c1-11(21)20(2)8-7-18-14-9-17-10-15(19-14)22-13-5-3-12(16)4-6-13/h3-6,9-10H,7-8H2,1-2H3,(H,18,19). The lowest BCUT2D eigenvalue weighted by atomic mass is 10.3. The predicted molar refractivity (Wildman–Crippen MR) is 80.3 cm³/mol. The molecule has 0 saturated heterocycles. The quantitative estimate of drug-likeness (QED) is 0.887. The number of aromatic nitrogens is 2. The fourth-order valence-electron chi connectivity index (χ4n) is 1.61. The number of amides is 1. The van der Waals surface area contributed by atoms with Crippen LogP contribution in [0, 0.1) is 5.82 Å². The summed E-state index contributed by atoms with van der Waals surface area (Å²) in [7, 11) is 1.73. The molecule has 1 N–H and O–H groups in total. The molecule has 0 aliphatic rings. The van der Waals surface area contributed by atoms with Gasteiger partial charge in [-0.1, -0.05) is 0 Å². The molecule has 1 aromatic heterocycles. The van der Waals surface area contributed by atoms with Crippen molar-refractivity contribution in [3.05, 3.63) is 42.5 Å². The van der Waals surface area contributed by atoms with Crippen molar-refractivity contribution < 1.29 is 13.9 Å². The van der Waals surface area contributed by atoms with E-state index >= 15 is 0 Å². The van der Waals surface area contributed by atoms with Crippen LogP contribution in [0.3, 0.4) is 0 Å². The molecule has 0 bridgehead atoms. The Balaban J connectivity index is 1.92. The van der Waals surface area contributed by atoms with Gasteiger partial charge in [0.05, 0.1) is 12.4 Å². The lowest BCUT2D eigenvalue weighted by Crippen LogP contribution is -2.29. The molecule has 0 atom stereocenters. The molecule has 0 saturated carbocycles. The van der Waals surface area contributed by atoms with Gasteiger partial charge in [-0.05, 0) is 24.3 Å². The molecule has 0 aliphatic carbocycles. The molecule has 0 spiro atoms. The number of rotatable bonds is 6. The van der Waals surface area contributed by atoms with Crippen LogP contribution in [0.15, 0.2) is 36.7 Å². The number of nitrogens with one attached hydrogen (secondary N) is 1. The first-order chi connectivity index (χ1) is 10.5. The van der Waals surface area contributed by atoms with Gasteiger partial charge in [0.25, 0.3) is 0 Å². The maximum Gasteiger partial charge on any atom is 0.239 e. The van der Waals surface area contributed by atoms with E-state index in [-0.39, 0.29) is 11.7 Å². The van der Waals surface area contributed by atoms with Gasteiger partial charge in [0.1, 0.15) is 17.4 Å². The lowest BCUT2D eigenvalue weighted by molar-refractivity contribution is -0.127. The van der Waals surface area contributed by atoms with Crippen molar-refractivity contribution >= 4 is 11.7 Å². The molecular formula is C15H17FN4O2. The van der Waals surface area contributed by atoms with Crippen molar-refractivity contribution in [2.24, 2.45) is 0 Å². The van der Waals surface area contributed by atoms with Gasteiger partial charge in [0, 0.05) is 27.1 Å². The average Bonchev–Trinajstić information content (AvgIpc) is 2.50. The third kappa shape index (κ3) is 4.69. The van der Waals surface area contributed by atoms with E-state index in [2.05, 4.69) is 15.3 Å². The zero-order valence-electron chi connectivity index (χ0n) is 12.4. The molecule has 22 heavy (non-hydrogen) atoms. The van der Waals surface area contributed by atoms with Crippen molar-refractivity contribution in [1.29, 1.82) is 0 Å². The number of nitrogens with zero attached hydrogens (tertiary/aromatic N) is 3. The minimum absolute atomic E-state index is 0.00118. The normalized spacial score (nSPS) is 10.1. The largest absolute Gasteiger partial charge is 0.437 e. The van der Waals surface area contributed by atoms with Gasteiger partial charge in [-0.2, -0.15) is 4.98 Å². The Bertz CT molecular complexity index is 634. The van der Waals surface area contributed by atoms with Crippen LogP contribution in [0.5, 0.6) is 11.6 Å². The summed E-state index contributed by atoms with van der Waals surface area (Å²) >= 11 is 0. The second-order valence-corrected chi connectivity index (χ2v) is 4.67. The Morgan fingerprint density at radius 3 is 2.73 bits per heavy atom. The molecule has 1 heterocycles. The summed E-state index contributed by atoms with van der Waals surface area (Å²) in [4.78, 5) is 21.0. The van der Waals surface area contributed by atoms with Gasteiger partial charge in [-0.15, -0.1) is 0 Å². The summed E-state index contributed by atoms with van der Waals surface area (Å²) in [6, 6.07) is 5.64. The Morgan fingerprint density at radius 1 is 1.32 bits per heavy atom. The highest BCUT2D eigenvalue weighted by Crippen LogP contribution is 2.19. The van der Waals surface area contributed by atoms with E-state index in [1.54, 1.807) is 18.1 Å². The third-order valence-corrected chi connectivity index (χ3v) is 2.94. The maximum atomic E-state index is 12.8. The van der Waals surface area contributed by atoms with E-state index in [1.807, 2.05) is 0 Å². The number of carbonyl (C=O) groups excluding carboxylic acids is 1. The van der Waals surface area contributed by atoms with Crippen molar-refractivity contribution in [2.45, 2.75) is 6.92 Å². The molecular weight excluding hydrogens is 287 g/mol. The summed E-state index contributed by atoms with van der Waals surface area (Å²) in [5.41, 5.74) is 0. The van der Waals surface area contributed by atoms with Crippen LogP contribution < -0.4 is 10.1 Å². The van der Waals surface area contributed by atoms with E-state index in [4.69, 9.17) is 4.74 Å². The molecule has 0 fully saturated rings. The second kappa shape index (κ2) is 7.35. The second-order valence-electron chi connectivity index (χ2n) is 4.67. The molecule has 0 unspecified atom stereocenters. The van der Waals surface area contributed by atoms with Crippen LogP contribution in [0.4, 0.5) is 10.2 Å². The summed E-state index contributed by atoms with van der Waals surface area (Å²) < 4.78 is 18.3. The molecule has 0 radical (unpaired) electrons. The number of ether oxygens (including phenoxy) is 1. The number of hydrogen-bond acceptors (Lipinski definition) is 5. The SMILES string of the molecule is CC(=O)N(C)CCNc1cncc(Oc2ccc(F)cc2)n1. The molecule has 116 valence electrons. The zero-order valence-corrected chi connectivity index (χ0v) is 12.4. The van der Waals surface area contributed by atoms with Crippen LogP contribution in [0.1, 0.15) is 6.92 Å². The first kappa shape index (κ1) is 15.7. The number of halogens is 1. The number of anilines is 1. The molecule has 7 heteroatoms. The average molecular weight is 304 g/mol. The Hall–Kier alpha value is -2.70. The highest BCUT2D eigenvalue weighted by molar-refractivity contribution is 5.72. The van der Waals surface area contributed by atoms with Crippen LogP contribution >= 0.6 is 0 Å². The molecule has 1 amide bonds. The van der Waals surface area contributed by atoms with E-state index < -0.39 is 0 Å². The number of benzene rings is 1. The van der Waals surface area contributed by atoms with E-state index in [0.717, 1.165) is 0 Å². The van der Waals surface area contributed by atoms with Crippen LogP contribution in [-0.2, 0) is 4.79 Å². The number of likely N-dealkylation sites (N-methyl/N-ethyl adjacent to an activating group) is 1. The lowest BCUT2D eigenvalue weighted by Gasteiger charge is -2.15. The molecule has 6 nitrogen and oxygen atoms in total.